The molecule has 6 aromatic carbocycles. The first-order valence-corrected chi connectivity index (χ1v) is 18.3. The van der Waals surface area contributed by atoms with E-state index in [1.54, 1.807) is 24.3 Å². The number of ether oxygens (including phenoxy) is 2. The number of hydrogen-bond acceptors (Lipinski definition) is 13. The topological polar surface area (TPSA) is 238 Å². The second kappa shape index (κ2) is 14.8. The van der Waals surface area contributed by atoms with E-state index in [4.69, 9.17) is 9.47 Å². The number of fused-ring (bicyclic) bond motifs is 1. The fourth-order valence-electron chi connectivity index (χ4n) is 8.38. The fourth-order valence-corrected chi connectivity index (χ4v) is 8.38. The van der Waals surface area contributed by atoms with Crippen molar-refractivity contribution < 1.29 is 65.3 Å². The molecule has 7 atom stereocenters. The molecule has 7 unspecified atom stereocenters. The first-order chi connectivity index (χ1) is 27.8. The number of rotatable bonds is 8. The Morgan fingerprint density at radius 3 is 1.69 bits per heavy atom. The molecule has 0 amide bonds. The van der Waals surface area contributed by atoms with Crippen LogP contribution in [-0.2, 0) is 11.2 Å². The van der Waals surface area contributed by atoms with Crippen LogP contribution in [0.4, 0.5) is 0 Å². The Kier molecular flexibility index (Phi) is 9.63. The van der Waals surface area contributed by atoms with Crippen LogP contribution >= 0.6 is 0 Å². The van der Waals surface area contributed by atoms with Crippen LogP contribution in [-0.4, -0.2) is 63.0 Å². The smallest absolute Gasteiger partial charge is 0.173 e. The average molecular weight is 787 g/mol. The number of Topliss-reactive ketones (excluding diaryl/α,β-unsaturated/α-hetero) is 1. The van der Waals surface area contributed by atoms with E-state index in [0.29, 0.717) is 16.7 Å². The predicted molar refractivity (Wildman–Crippen MR) is 206 cm³/mol. The SMILES string of the molecule is O=C(c1ccc(O)cc1O)C1C(c2ccc(O)cc2)OC(c2ccc(O)cc2O)C1C(c1ccc(O)cc1)c1c(O)cc2c(c1O)CC(O)C(c1ccc(O)cc1)O2. The van der Waals surface area contributed by atoms with E-state index in [1.165, 1.54) is 78.9 Å². The van der Waals surface area contributed by atoms with E-state index in [-0.39, 0.29) is 63.2 Å². The molecule has 1 saturated heterocycles. The predicted octanol–water partition coefficient (Wildman–Crippen LogP) is 6.83. The van der Waals surface area contributed by atoms with Gasteiger partial charge in [-0.3, -0.25) is 4.79 Å². The van der Waals surface area contributed by atoms with Gasteiger partial charge in [-0.2, -0.15) is 0 Å². The van der Waals surface area contributed by atoms with Gasteiger partial charge >= 0.3 is 0 Å². The molecule has 6 aromatic rings. The Labute approximate surface area is 330 Å². The highest BCUT2D eigenvalue weighted by atomic mass is 16.5. The van der Waals surface area contributed by atoms with Gasteiger partial charge in [0.15, 0.2) is 5.78 Å². The standard InChI is InChI=1S/C45H38O13/c46-24-7-1-21(2-8-24)37(38-34(53)20-36-31(42(38)56)19-35(54)43(57-36)22-3-9-25(47)10-4-22)39-40(41(55)29-15-13-27(49)17-32(29)51)44(23-5-11-26(48)12-6-23)58-45(39)30-16-14-28(50)18-33(30)52/h1-18,20,35,37,39-40,43-54,56H,19H2. The molecular formula is C45H38O13. The summed E-state index contributed by atoms with van der Waals surface area (Å²) in [5.41, 5.74) is 1.23. The highest BCUT2D eigenvalue weighted by molar-refractivity contribution is 6.01. The molecule has 0 aromatic heterocycles. The third-order valence-electron chi connectivity index (χ3n) is 11.0. The summed E-state index contributed by atoms with van der Waals surface area (Å²) in [5, 5.41) is 109. The molecule has 13 nitrogen and oxygen atoms in total. The number of benzene rings is 6. The normalized spacial score (nSPS) is 21.8. The van der Waals surface area contributed by atoms with Gasteiger partial charge in [-0.05, 0) is 77.4 Å². The molecule has 0 spiro atoms. The number of phenols is 9. The zero-order valence-corrected chi connectivity index (χ0v) is 30.4. The van der Waals surface area contributed by atoms with Crippen molar-refractivity contribution in [2.45, 2.75) is 36.8 Å². The van der Waals surface area contributed by atoms with E-state index in [1.807, 2.05) is 0 Å². The van der Waals surface area contributed by atoms with Gasteiger partial charge < -0.3 is 60.5 Å². The molecule has 13 heteroatoms. The van der Waals surface area contributed by atoms with E-state index >= 15 is 4.79 Å². The van der Waals surface area contributed by atoms with Crippen LogP contribution in [0.5, 0.6) is 57.5 Å². The molecule has 2 aliphatic heterocycles. The first kappa shape index (κ1) is 37.8. The van der Waals surface area contributed by atoms with Crippen molar-refractivity contribution in [3.8, 4) is 57.5 Å². The second-order valence-corrected chi connectivity index (χ2v) is 14.6. The van der Waals surface area contributed by atoms with E-state index in [0.717, 1.165) is 12.1 Å². The Hall–Kier alpha value is -7.09. The Bertz CT molecular complexity index is 2500. The van der Waals surface area contributed by atoms with E-state index < -0.39 is 71.0 Å². The van der Waals surface area contributed by atoms with E-state index in [2.05, 4.69) is 0 Å². The first-order valence-electron chi connectivity index (χ1n) is 18.3. The van der Waals surface area contributed by atoms with Gasteiger partial charge in [0.25, 0.3) is 0 Å². The molecule has 296 valence electrons. The molecule has 1 fully saturated rings. The van der Waals surface area contributed by atoms with Crippen molar-refractivity contribution in [2.24, 2.45) is 11.8 Å². The number of carbonyl (C=O) groups excluding carboxylic acids is 1. The number of aliphatic hydroxyl groups excluding tert-OH is 1. The van der Waals surface area contributed by atoms with Gasteiger partial charge in [-0.25, -0.2) is 0 Å². The number of ketones is 1. The van der Waals surface area contributed by atoms with Gasteiger partial charge in [-0.1, -0.05) is 36.4 Å². The van der Waals surface area contributed by atoms with Crippen molar-refractivity contribution in [3.63, 3.8) is 0 Å². The number of carbonyl (C=O) groups is 1. The largest absolute Gasteiger partial charge is 0.508 e. The minimum Gasteiger partial charge on any atom is -0.508 e. The molecular weight excluding hydrogens is 748 g/mol. The number of phenolic OH excluding ortho intramolecular Hbond substituents is 9. The van der Waals surface area contributed by atoms with Gasteiger partial charge in [0, 0.05) is 53.1 Å². The highest BCUT2D eigenvalue weighted by Crippen LogP contribution is 2.61. The molecule has 0 bridgehead atoms. The third-order valence-corrected chi connectivity index (χ3v) is 11.0. The van der Waals surface area contributed by atoms with Crippen LogP contribution in [0.15, 0.2) is 115 Å². The highest BCUT2D eigenvalue weighted by Gasteiger charge is 2.55. The number of hydrogen-bond donors (Lipinski definition) is 10. The monoisotopic (exact) mass is 786 g/mol. The molecule has 10 N–H and O–H groups in total. The lowest BCUT2D eigenvalue weighted by Gasteiger charge is -2.36. The Morgan fingerprint density at radius 1 is 0.569 bits per heavy atom. The Morgan fingerprint density at radius 2 is 1.10 bits per heavy atom. The second-order valence-electron chi connectivity index (χ2n) is 14.6. The van der Waals surface area contributed by atoms with Crippen molar-refractivity contribution >= 4 is 5.78 Å². The lowest BCUT2D eigenvalue weighted by Crippen LogP contribution is -2.32. The van der Waals surface area contributed by atoms with Gasteiger partial charge in [0.05, 0.1) is 29.8 Å². The van der Waals surface area contributed by atoms with Crippen LogP contribution in [0.1, 0.15) is 68.0 Å². The molecule has 0 aliphatic carbocycles. The third kappa shape index (κ3) is 6.76. The van der Waals surface area contributed by atoms with Crippen molar-refractivity contribution in [3.05, 3.63) is 154 Å². The summed E-state index contributed by atoms with van der Waals surface area (Å²) in [5.74, 6) is -7.03. The van der Waals surface area contributed by atoms with Gasteiger partial charge in [0.2, 0.25) is 0 Å². The zero-order chi connectivity index (χ0) is 41.0. The summed E-state index contributed by atoms with van der Waals surface area (Å²) < 4.78 is 13.0. The lowest BCUT2D eigenvalue weighted by molar-refractivity contribution is 0.0194. The van der Waals surface area contributed by atoms with Crippen LogP contribution in [0.25, 0.3) is 0 Å². The maximum atomic E-state index is 15.1. The Balaban J connectivity index is 1.37. The zero-order valence-electron chi connectivity index (χ0n) is 30.4. The maximum absolute atomic E-state index is 15.1. The van der Waals surface area contributed by atoms with Crippen LogP contribution < -0.4 is 4.74 Å². The minimum absolute atomic E-state index is 0.00883. The van der Waals surface area contributed by atoms with Crippen LogP contribution in [0, 0.1) is 11.8 Å². The summed E-state index contributed by atoms with van der Waals surface area (Å²) in [7, 11) is 0. The van der Waals surface area contributed by atoms with E-state index in [9.17, 15) is 51.1 Å². The molecule has 2 aliphatic rings. The van der Waals surface area contributed by atoms with Crippen molar-refractivity contribution in [1.29, 1.82) is 0 Å². The molecule has 2 heterocycles. The molecule has 0 saturated carbocycles. The lowest BCUT2D eigenvalue weighted by atomic mass is 9.67. The minimum atomic E-state index is -1.33. The summed E-state index contributed by atoms with van der Waals surface area (Å²) in [6.45, 7) is 0. The maximum Gasteiger partial charge on any atom is 0.173 e. The summed E-state index contributed by atoms with van der Waals surface area (Å²) in [4.78, 5) is 15.1. The fraction of sp³-hybridized carbons (Fsp3) is 0.178. The van der Waals surface area contributed by atoms with Crippen molar-refractivity contribution in [1.82, 2.24) is 0 Å². The summed E-state index contributed by atoms with van der Waals surface area (Å²) >= 11 is 0. The number of aliphatic hydroxyl groups is 1. The van der Waals surface area contributed by atoms with Gasteiger partial charge in [0.1, 0.15) is 63.6 Å². The van der Waals surface area contributed by atoms with Crippen LogP contribution in [0.2, 0.25) is 0 Å². The van der Waals surface area contributed by atoms with Crippen LogP contribution in [0.3, 0.4) is 0 Å². The van der Waals surface area contributed by atoms with Crippen molar-refractivity contribution in [2.75, 3.05) is 0 Å². The van der Waals surface area contributed by atoms with Gasteiger partial charge in [-0.15, -0.1) is 0 Å². The summed E-state index contributed by atoms with van der Waals surface area (Å²) in [6.07, 6.45) is -4.72. The number of aromatic hydroxyl groups is 9. The molecule has 8 rings (SSSR count). The summed E-state index contributed by atoms with van der Waals surface area (Å²) in [6, 6.07) is 26.3. The quantitative estimate of drug-likeness (QED) is 0.0713. The molecule has 0 radical (unpaired) electrons. The average Bonchev–Trinajstić information content (AvgIpc) is 3.57. The molecule has 58 heavy (non-hydrogen) atoms.